The van der Waals surface area contributed by atoms with Crippen molar-refractivity contribution in [3.63, 3.8) is 0 Å². The lowest BCUT2D eigenvalue weighted by Gasteiger charge is -2.18. The van der Waals surface area contributed by atoms with Crippen LogP contribution in [0.25, 0.3) is 5.00 Å². The number of aliphatic imine (C=N–C) groups is 1. The van der Waals surface area contributed by atoms with Crippen LogP contribution in [0.3, 0.4) is 0 Å². The number of carbonyl (C=O) groups excluding carboxylic acids is 2. The van der Waals surface area contributed by atoms with E-state index in [2.05, 4.69) is 29.4 Å². The van der Waals surface area contributed by atoms with Crippen LogP contribution in [0.4, 0.5) is 5.69 Å². The largest absolute Gasteiger partial charge is 0.451 e. The van der Waals surface area contributed by atoms with Crippen molar-refractivity contribution >= 4 is 46.2 Å². The van der Waals surface area contributed by atoms with E-state index in [9.17, 15) is 9.59 Å². The maximum atomic E-state index is 13.4. The molecule has 4 aromatic rings. The average molecular weight is 560 g/mol. The first-order valence-electron chi connectivity index (χ1n) is 12.6. The molecular formula is C29H26ClN5O3S. The summed E-state index contributed by atoms with van der Waals surface area (Å²) >= 11 is 7.85. The number of ether oxygens (including phenoxy) is 1. The molecule has 0 bridgehead atoms. The molecule has 2 aromatic carbocycles. The smallest absolute Gasteiger partial charge is 0.339 e. The van der Waals surface area contributed by atoms with Crippen molar-refractivity contribution in [3.05, 3.63) is 91.8 Å². The molecule has 0 spiro atoms. The number of carbonyl (C=O) groups is 2. The molecule has 0 unspecified atom stereocenters. The van der Waals surface area contributed by atoms with Gasteiger partial charge in [0, 0.05) is 32.3 Å². The molecule has 198 valence electrons. The minimum atomic E-state index is -0.756. The van der Waals surface area contributed by atoms with Gasteiger partial charge in [-0.2, -0.15) is 0 Å². The van der Waals surface area contributed by atoms with Gasteiger partial charge in [0.15, 0.2) is 5.82 Å². The quantitative estimate of drug-likeness (QED) is 0.299. The number of cyclic esters (lactones) is 1. The standard InChI is InChI=1S/C29H26ClN5O3S/c1-14-15(2)39-27-24(14)25(17-6-8-18(30)9-7-17)32-22(26-34-33-16(3)35(26)27)13-23(36)31-19-10-11-20-21(12-19)29(4,5)38-28(20)37/h6-12,22H,13H2,1-5H3,(H,31,36)/t22-/m0/s1. The highest BCUT2D eigenvalue weighted by atomic mass is 35.5. The second-order valence-corrected chi connectivity index (χ2v) is 12.0. The summed E-state index contributed by atoms with van der Waals surface area (Å²) in [5.41, 5.74) is 4.93. The number of hydrogen-bond acceptors (Lipinski definition) is 7. The lowest BCUT2D eigenvalue weighted by atomic mass is 9.95. The zero-order valence-corrected chi connectivity index (χ0v) is 23.7. The van der Waals surface area contributed by atoms with Gasteiger partial charge >= 0.3 is 5.97 Å². The van der Waals surface area contributed by atoms with E-state index in [0.29, 0.717) is 22.1 Å². The molecule has 2 aliphatic heterocycles. The van der Waals surface area contributed by atoms with Gasteiger partial charge in [0.25, 0.3) is 0 Å². The molecule has 4 heterocycles. The van der Waals surface area contributed by atoms with Crippen molar-refractivity contribution in [3.8, 4) is 5.00 Å². The summed E-state index contributed by atoms with van der Waals surface area (Å²) < 4.78 is 7.48. The van der Waals surface area contributed by atoms with Crippen LogP contribution in [-0.2, 0) is 15.1 Å². The van der Waals surface area contributed by atoms with E-state index in [0.717, 1.165) is 38.8 Å². The molecule has 0 fully saturated rings. The van der Waals surface area contributed by atoms with E-state index >= 15 is 0 Å². The number of fused-ring (bicyclic) bond motifs is 4. The molecule has 0 aliphatic carbocycles. The molecule has 6 rings (SSSR count). The van der Waals surface area contributed by atoms with Gasteiger partial charge in [0.2, 0.25) is 5.91 Å². The fraction of sp³-hybridized carbons (Fsp3) is 0.276. The van der Waals surface area contributed by atoms with Gasteiger partial charge < -0.3 is 10.1 Å². The average Bonchev–Trinajstić information content (AvgIpc) is 3.44. The molecule has 1 amide bonds. The Balaban J connectivity index is 1.39. The van der Waals surface area contributed by atoms with Crippen LogP contribution in [0.1, 0.15) is 75.4 Å². The molecule has 0 radical (unpaired) electrons. The third-order valence-electron chi connectivity index (χ3n) is 7.26. The van der Waals surface area contributed by atoms with Crippen LogP contribution in [0, 0.1) is 20.8 Å². The Kier molecular flexibility index (Phi) is 5.96. The topological polar surface area (TPSA) is 98.5 Å². The summed E-state index contributed by atoms with van der Waals surface area (Å²) in [5, 5.41) is 13.4. The van der Waals surface area contributed by atoms with E-state index in [4.69, 9.17) is 21.3 Å². The molecule has 2 aliphatic rings. The Morgan fingerprint density at radius 2 is 1.87 bits per heavy atom. The normalized spacial score (nSPS) is 17.0. The van der Waals surface area contributed by atoms with E-state index in [1.165, 1.54) is 4.88 Å². The molecular weight excluding hydrogens is 534 g/mol. The monoisotopic (exact) mass is 559 g/mol. The number of aromatic nitrogens is 3. The molecule has 39 heavy (non-hydrogen) atoms. The number of nitrogens with zero attached hydrogens (tertiary/aromatic N) is 4. The van der Waals surface area contributed by atoms with Gasteiger partial charge in [0.05, 0.1) is 17.7 Å². The minimum Gasteiger partial charge on any atom is -0.451 e. The summed E-state index contributed by atoms with van der Waals surface area (Å²) in [4.78, 5) is 31.9. The van der Waals surface area contributed by atoms with Gasteiger partial charge in [-0.3, -0.25) is 14.4 Å². The SMILES string of the molecule is Cc1sc2c(c1C)C(c1ccc(Cl)cc1)=N[C@@H](CC(=O)Nc1ccc3c(c1)C(C)(C)OC3=O)c1nnc(C)n1-2. The van der Waals surface area contributed by atoms with Crippen LogP contribution in [-0.4, -0.2) is 32.4 Å². The third kappa shape index (κ3) is 4.26. The second kappa shape index (κ2) is 9.14. The van der Waals surface area contributed by atoms with Gasteiger partial charge in [-0.25, -0.2) is 4.79 Å². The Hall–Kier alpha value is -3.82. The lowest BCUT2D eigenvalue weighted by molar-refractivity contribution is -0.116. The van der Waals surface area contributed by atoms with Crippen LogP contribution in [0.5, 0.6) is 0 Å². The summed E-state index contributed by atoms with van der Waals surface area (Å²) in [6.07, 6.45) is 0.0537. The predicted molar refractivity (Wildman–Crippen MR) is 151 cm³/mol. The maximum Gasteiger partial charge on any atom is 0.339 e. The van der Waals surface area contributed by atoms with E-state index in [-0.39, 0.29) is 18.3 Å². The van der Waals surface area contributed by atoms with Crippen molar-refractivity contribution < 1.29 is 14.3 Å². The number of benzene rings is 2. The van der Waals surface area contributed by atoms with Crippen molar-refractivity contribution in [1.82, 2.24) is 14.8 Å². The molecule has 0 saturated heterocycles. The number of rotatable bonds is 4. The highest BCUT2D eigenvalue weighted by Gasteiger charge is 2.38. The number of aryl methyl sites for hydroxylation is 2. The molecule has 0 saturated carbocycles. The van der Waals surface area contributed by atoms with Crippen LogP contribution in [0.15, 0.2) is 47.5 Å². The first kappa shape index (κ1) is 25.5. The molecule has 8 nitrogen and oxygen atoms in total. The Morgan fingerprint density at radius 3 is 2.62 bits per heavy atom. The van der Waals surface area contributed by atoms with Crippen molar-refractivity contribution in [2.75, 3.05) is 5.32 Å². The predicted octanol–water partition coefficient (Wildman–Crippen LogP) is 6.23. The molecule has 2 aromatic heterocycles. The first-order valence-corrected chi connectivity index (χ1v) is 13.8. The van der Waals surface area contributed by atoms with Crippen LogP contribution < -0.4 is 5.32 Å². The Labute approximate surface area is 234 Å². The highest BCUT2D eigenvalue weighted by molar-refractivity contribution is 7.15. The Morgan fingerprint density at radius 1 is 1.13 bits per heavy atom. The summed E-state index contributed by atoms with van der Waals surface area (Å²) in [6, 6.07) is 12.2. The van der Waals surface area contributed by atoms with Crippen LogP contribution >= 0.6 is 22.9 Å². The van der Waals surface area contributed by atoms with Gasteiger partial charge in [-0.1, -0.05) is 23.7 Å². The third-order valence-corrected chi connectivity index (χ3v) is 8.70. The number of thiophene rings is 1. The number of hydrogen-bond donors (Lipinski definition) is 1. The minimum absolute atomic E-state index is 0.0537. The number of anilines is 1. The lowest BCUT2D eigenvalue weighted by Crippen LogP contribution is -2.18. The zero-order chi connectivity index (χ0) is 27.6. The van der Waals surface area contributed by atoms with Crippen LogP contribution in [0.2, 0.25) is 5.02 Å². The van der Waals surface area contributed by atoms with E-state index in [1.807, 2.05) is 49.6 Å². The van der Waals surface area contributed by atoms with Crippen molar-refractivity contribution in [2.24, 2.45) is 4.99 Å². The van der Waals surface area contributed by atoms with Gasteiger partial charge in [-0.15, -0.1) is 21.5 Å². The van der Waals surface area contributed by atoms with Gasteiger partial charge in [-0.05, 0) is 70.5 Å². The number of halogens is 1. The highest BCUT2D eigenvalue weighted by Crippen LogP contribution is 2.40. The summed E-state index contributed by atoms with van der Waals surface area (Å²) in [6.45, 7) is 9.75. The molecule has 1 atom stereocenters. The van der Waals surface area contributed by atoms with E-state index in [1.54, 1.807) is 29.5 Å². The summed E-state index contributed by atoms with van der Waals surface area (Å²) in [5.74, 6) is 0.759. The zero-order valence-electron chi connectivity index (χ0n) is 22.1. The molecule has 10 heteroatoms. The summed E-state index contributed by atoms with van der Waals surface area (Å²) in [7, 11) is 0. The number of nitrogens with one attached hydrogen (secondary N) is 1. The number of esters is 1. The fourth-order valence-corrected chi connectivity index (χ4v) is 6.50. The van der Waals surface area contributed by atoms with Gasteiger partial charge in [0.1, 0.15) is 22.5 Å². The fourth-order valence-electron chi connectivity index (χ4n) is 5.16. The maximum absolute atomic E-state index is 13.4. The van der Waals surface area contributed by atoms with Crippen molar-refractivity contribution in [2.45, 2.75) is 52.7 Å². The Bertz CT molecular complexity index is 1700. The molecule has 1 N–H and O–H groups in total. The second-order valence-electron chi connectivity index (χ2n) is 10.3. The van der Waals surface area contributed by atoms with E-state index < -0.39 is 11.6 Å². The first-order chi connectivity index (χ1) is 18.5. The van der Waals surface area contributed by atoms with Crippen molar-refractivity contribution in [1.29, 1.82) is 0 Å². The number of amides is 1.